The summed E-state index contributed by atoms with van der Waals surface area (Å²) in [6.45, 7) is 0. The number of rotatable bonds is 2. The highest BCUT2D eigenvalue weighted by Gasteiger charge is 1.70. The minimum Gasteiger partial charge on any atom is -0.450 e. The van der Waals surface area contributed by atoms with Gasteiger partial charge in [-0.1, -0.05) is 0 Å². The summed E-state index contributed by atoms with van der Waals surface area (Å²) in [5, 5.41) is 13.9. The fraction of sp³-hybridized carbons (Fsp3) is 0. The lowest BCUT2D eigenvalue weighted by Gasteiger charge is -1.60. The summed E-state index contributed by atoms with van der Waals surface area (Å²) in [6, 6.07) is 0. The third-order valence-electron chi connectivity index (χ3n) is 0.268. The van der Waals surface area contributed by atoms with E-state index < -0.39 is 6.16 Å². The van der Waals surface area contributed by atoms with Gasteiger partial charge in [-0.15, -0.1) is 0 Å². The van der Waals surface area contributed by atoms with Crippen LogP contribution in [0.2, 0.25) is 0 Å². The van der Waals surface area contributed by atoms with Gasteiger partial charge in [-0.25, -0.2) is 4.79 Å². The summed E-state index contributed by atoms with van der Waals surface area (Å²) in [4.78, 5) is 27.2. The Labute approximate surface area is 56.6 Å². The summed E-state index contributed by atoms with van der Waals surface area (Å²) >= 11 is 0. The molecule has 5 heteroatoms. The van der Waals surface area contributed by atoms with E-state index in [-0.39, 0.29) is 0 Å². The van der Waals surface area contributed by atoms with Crippen LogP contribution in [0, 0.1) is 0 Å². The fourth-order valence-electron chi connectivity index (χ4n) is 0.0907. The van der Waals surface area contributed by atoms with E-state index in [2.05, 4.69) is 0 Å². The molecule has 56 valence electrons. The summed E-state index contributed by atoms with van der Waals surface area (Å²) in [7, 11) is 0. The van der Waals surface area contributed by atoms with Gasteiger partial charge in [-0.3, -0.25) is 9.59 Å². The molecule has 0 aromatic heterocycles. The Morgan fingerprint density at radius 1 is 1.00 bits per heavy atom. The molecule has 2 N–H and O–H groups in total. The van der Waals surface area contributed by atoms with Gasteiger partial charge in [0.05, 0.1) is 0 Å². The van der Waals surface area contributed by atoms with Crippen LogP contribution < -0.4 is 0 Å². The monoisotopic (exact) mass is 146 g/mol. The lowest BCUT2D eigenvalue weighted by Crippen LogP contribution is -1.81. The number of carbonyl (C=O) groups is 3. The number of hydrogen-bond acceptors (Lipinski definition) is 3. The Kier molecular flexibility index (Phi) is 11.6. The molecule has 5 nitrogen and oxygen atoms in total. The maximum atomic E-state index is 9.32. The molecular formula is C5H6O5. The summed E-state index contributed by atoms with van der Waals surface area (Å²) in [6.07, 6.45) is 1.53. The van der Waals surface area contributed by atoms with Crippen LogP contribution in [0.3, 0.4) is 0 Å². The van der Waals surface area contributed by atoms with E-state index in [1.807, 2.05) is 0 Å². The highest BCUT2D eigenvalue weighted by atomic mass is 16.6. The summed E-state index contributed by atoms with van der Waals surface area (Å²) < 4.78 is 0. The van der Waals surface area contributed by atoms with Crippen molar-refractivity contribution in [3.63, 3.8) is 0 Å². The molecule has 0 rings (SSSR count). The van der Waals surface area contributed by atoms with E-state index >= 15 is 0 Å². The molecule has 0 aromatic carbocycles. The molecule has 0 spiro atoms. The maximum Gasteiger partial charge on any atom is 0.503 e. The molecule has 0 heterocycles. The maximum absolute atomic E-state index is 9.32. The molecular weight excluding hydrogens is 140 g/mol. The first kappa shape index (κ1) is 11.2. The van der Waals surface area contributed by atoms with E-state index in [0.29, 0.717) is 12.6 Å². The second-order valence-electron chi connectivity index (χ2n) is 0.940. The second-order valence-corrected chi connectivity index (χ2v) is 0.940. The van der Waals surface area contributed by atoms with E-state index in [0.717, 1.165) is 12.2 Å². The Bertz CT molecular complexity index is 123. The van der Waals surface area contributed by atoms with Crippen LogP contribution in [0.1, 0.15) is 0 Å². The quantitative estimate of drug-likeness (QED) is 0.427. The molecule has 0 saturated heterocycles. The zero-order valence-corrected chi connectivity index (χ0v) is 4.93. The van der Waals surface area contributed by atoms with E-state index in [9.17, 15) is 9.59 Å². The number of allylic oxidation sites excluding steroid dienone is 2. The molecule has 0 amide bonds. The predicted molar refractivity (Wildman–Crippen MR) is 31.9 cm³/mol. The second kappa shape index (κ2) is 10.4. The average molecular weight is 146 g/mol. The lowest BCUT2D eigenvalue weighted by molar-refractivity contribution is -0.106. The number of aldehydes is 2. The van der Waals surface area contributed by atoms with Gasteiger partial charge in [0.15, 0.2) is 0 Å². The van der Waals surface area contributed by atoms with Crippen LogP contribution in [0.5, 0.6) is 0 Å². The number of carboxylic acid groups (broad SMARTS) is 2. The number of carbonyl (C=O) groups excluding carboxylic acids is 2. The van der Waals surface area contributed by atoms with Crippen LogP contribution in [0.25, 0.3) is 0 Å². The van der Waals surface area contributed by atoms with Crippen molar-refractivity contribution in [2.75, 3.05) is 0 Å². The third-order valence-corrected chi connectivity index (χ3v) is 0.268. The van der Waals surface area contributed by atoms with Crippen molar-refractivity contribution in [3.8, 4) is 0 Å². The largest absolute Gasteiger partial charge is 0.503 e. The average Bonchev–Trinajstić information content (AvgIpc) is 1.82. The van der Waals surface area contributed by atoms with Crippen LogP contribution in [0.15, 0.2) is 12.2 Å². The van der Waals surface area contributed by atoms with E-state index in [4.69, 9.17) is 15.0 Å². The van der Waals surface area contributed by atoms with Gasteiger partial charge in [0.2, 0.25) is 0 Å². The molecule has 0 atom stereocenters. The topological polar surface area (TPSA) is 91.7 Å². The van der Waals surface area contributed by atoms with Crippen LogP contribution in [-0.2, 0) is 9.59 Å². The highest BCUT2D eigenvalue weighted by Crippen LogP contribution is 1.53. The number of hydrogen-bond donors (Lipinski definition) is 2. The molecule has 0 radical (unpaired) electrons. The Hall–Kier alpha value is -1.65. The normalized spacial score (nSPS) is 7.60. The molecule has 0 bridgehead atoms. The van der Waals surface area contributed by atoms with Crippen molar-refractivity contribution in [2.24, 2.45) is 0 Å². The van der Waals surface area contributed by atoms with Gasteiger partial charge in [0.25, 0.3) is 0 Å². The van der Waals surface area contributed by atoms with Crippen molar-refractivity contribution in [1.29, 1.82) is 0 Å². The first-order valence-corrected chi connectivity index (χ1v) is 2.12. The Balaban J connectivity index is 0. The van der Waals surface area contributed by atoms with Gasteiger partial charge in [0, 0.05) is 0 Å². The van der Waals surface area contributed by atoms with Gasteiger partial charge >= 0.3 is 6.16 Å². The third kappa shape index (κ3) is 99.7. The van der Waals surface area contributed by atoms with E-state index in [1.54, 1.807) is 0 Å². The Morgan fingerprint density at radius 3 is 1.30 bits per heavy atom. The molecule has 0 aliphatic carbocycles. The van der Waals surface area contributed by atoms with Crippen LogP contribution in [0.4, 0.5) is 4.79 Å². The minimum atomic E-state index is -1.83. The lowest BCUT2D eigenvalue weighted by atomic mass is 10.6. The summed E-state index contributed by atoms with van der Waals surface area (Å²) in [5.41, 5.74) is 0. The van der Waals surface area contributed by atoms with Crippen LogP contribution in [-0.4, -0.2) is 28.9 Å². The predicted octanol–water partition coefficient (Wildman–Crippen LogP) is 0.163. The smallest absolute Gasteiger partial charge is 0.450 e. The molecule has 0 aliphatic heterocycles. The molecule has 10 heavy (non-hydrogen) atoms. The molecule has 0 unspecified atom stereocenters. The molecule has 0 aliphatic rings. The van der Waals surface area contributed by atoms with Gasteiger partial charge < -0.3 is 10.2 Å². The summed E-state index contributed by atoms with van der Waals surface area (Å²) in [5.74, 6) is 0. The highest BCUT2D eigenvalue weighted by molar-refractivity contribution is 5.75. The van der Waals surface area contributed by atoms with Crippen molar-refractivity contribution >= 4 is 18.7 Å². The van der Waals surface area contributed by atoms with Gasteiger partial charge in [-0.2, -0.15) is 0 Å². The molecule has 0 aromatic rings. The zero-order chi connectivity index (χ0) is 8.41. The SMILES string of the molecule is O=C(O)O.O=CC=CC=O. The van der Waals surface area contributed by atoms with Crippen molar-refractivity contribution in [1.82, 2.24) is 0 Å². The Morgan fingerprint density at radius 2 is 1.20 bits per heavy atom. The van der Waals surface area contributed by atoms with Crippen LogP contribution >= 0.6 is 0 Å². The molecule has 0 fully saturated rings. The van der Waals surface area contributed by atoms with Gasteiger partial charge in [-0.05, 0) is 12.2 Å². The zero-order valence-electron chi connectivity index (χ0n) is 4.93. The molecule has 0 saturated carbocycles. The minimum absolute atomic E-state index is 0.550. The van der Waals surface area contributed by atoms with Crippen molar-refractivity contribution in [3.05, 3.63) is 12.2 Å². The van der Waals surface area contributed by atoms with Crippen molar-refractivity contribution < 1.29 is 24.6 Å². The first-order valence-electron chi connectivity index (χ1n) is 2.12. The van der Waals surface area contributed by atoms with Crippen molar-refractivity contribution in [2.45, 2.75) is 0 Å². The first-order chi connectivity index (χ1) is 4.65. The van der Waals surface area contributed by atoms with Gasteiger partial charge in [0.1, 0.15) is 12.6 Å². The van der Waals surface area contributed by atoms with E-state index in [1.165, 1.54) is 0 Å². The fourth-order valence-corrected chi connectivity index (χ4v) is 0.0907. The standard InChI is InChI=1S/C4H4O2.CH2O3/c5-3-1-2-4-6;2-1(3)4/h1-4H;(H2,2,3,4).